The average molecular weight is 228 g/mol. The van der Waals surface area contributed by atoms with Crippen molar-refractivity contribution < 1.29 is 4.74 Å². The van der Waals surface area contributed by atoms with Crippen molar-refractivity contribution in [3.8, 4) is 5.75 Å². The van der Waals surface area contributed by atoms with Crippen LogP contribution in [0.15, 0.2) is 36.7 Å². The molecule has 0 bridgehead atoms. The van der Waals surface area contributed by atoms with Crippen LogP contribution < -0.4 is 4.74 Å². The van der Waals surface area contributed by atoms with E-state index < -0.39 is 0 Å². The third-order valence-corrected chi connectivity index (χ3v) is 3.26. The predicted molar refractivity (Wildman–Crippen MR) is 66.3 cm³/mol. The Bertz CT molecular complexity index is 501. The first kappa shape index (κ1) is 10.4. The first-order valence-electron chi connectivity index (χ1n) is 6.01. The highest BCUT2D eigenvalue weighted by atomic mass is 16.5. The van der Waals surface area contributed by atoms with Crippen molar-refractivity contribution in [3.63, 3.8) is 0 Å². The van der Waals surface area contributed by atoms with Crippen molar-refractivity contribution in [1.82, 2.24) is 9.78 Å². The van der Waals surface area contributed by atoms with E-state index in [9.17, 15) is 0 Å². The molecule has 1 aromatic carbocycles. The molecule has 3 nitrogen and oxygen atoms in total. The van der Waals surface area contributed by atoms with Crippen LogP contribution in [0.2, 0.25) is 0 Å². The summed E-state index contributed by atoms with van der Waals surface area (Å²) in [7, 11) is 1.72. The summed E-state index contributed by atoms with van der Waals surface area (Å²) in [6.45, 7) is 0.850. The third-order valence-electron chi connectivity index (χ3n) is 3.26. The molecule has 1 heterocycles. The van der Waals surface area contributed by atoms with Gasteiger partial charge in [0, 0.05) is 12.4 Å². The highest BCUT2D eigenvalue weighted by Crippen LogP contribution is 2.43. The highest BCUT2D eigenvalue weighted by molar-refractivity contribution is 5.40. The lowest BCUT2D eigenvalue weighted by Gasteiger charge is -2.11. The lowest BCUT2D eigenvalue weighted by molar-refractivity contribution is 0.414. The van der Waals surface area contributed by atoms with Gasteiger partial charge in [-0.05, 0) is 48.1 Å². The molecule has 88 valence electrons. The van der Waals surface area contributed by atoms with Crippen molar-refractivity contribution in [1.29, 1.82) is 0 Å². The molecule has 17 heavy (non-hydrogen) atoms. The van der Waals surface area contributed by atoms with Gasteiger partial charge in [0.05, 0.1) is 13.7 Å². The molecule has 1 saturated carbocycles. The second-order valence-electron chi connectivity index (χ2n) is 4.54. The van der Waals surface area contributed by atoms with Crippen LogP contribution in [0.1, 0.15) is 29.9 Å². The maximum absolute atomic E-state index is 5.30. The van der Waals surface area contributed by atoms with E-state index in [2.05, 4.69) is 17.2 Å². The topological polar surface area (TPSA) is 27.1 Å². The number of rotatable bonds is 4. The van der Waals surface area contributed by atoms with Crippen molar-refractivity contribution in [2.45, 2.75) is 25.3 Å². The zero-order valence-corrected chi connectivity index (χ0v) is 9.97. The van der Waals surface area contributed by atoms with Gasteiger partial charge in [0.15, 0.2) is 0 Å². The monoisotopic (exact) mass is 228 g/mol. The Kier molecular flexibility index (Phi) is 2.59. The maximum atomic E-state index is 5.30. The van der Waals surface area contributed by atoms with E-state index in [1.54, 1.807) is 7.11 Å². The van der Waals surface area contributed by atoms with E-state index >= 15 is 0 Å². The van der Waals surface area contributed by atoms with Gasteiger partial charge in [-0.1, -0.05) is 6.07 Å². The van der Waals surface area contributed by atoms with Crippen LogP contribution in [0.5, 0.6) is 5.75 Å². The van der Waals surface area contributed by atoms with Crippen LogP contribution in [-0.4, -0.2) is 16.9 Å². The fourth-order valence-corrected chi connectivity index (χ4v) is 2.19. The van der Waals surface area contributed by atoms with E-state index in [0.717, 1.165) is 18.2 Å². The van der Waals surface area contributed by atoms with Gasteiger partial charge in [-0.3, -0.25) is 4.68 Å². The lowest BCUT2D eigenvalue weighted by atomic mass is 10.0. The summed E-state index contributed by atoms with van der Waals surface area (Å²) >= 11 is 0. The summed E-state index contributed by atoms with van der Waals surface area (Å²) in [6, 6.07) is 8.33. The van der Waals surface area contributed by atoms with Crippen LogP contribution in [0.25, 0.3) is 0 Å². The van der Waals surface area contributed by atoms with Gasteiger partial charge in [-0.25, -0.2) is 0 Å². The van der Waals surface area contributed by atoms with Crippen LogP contribution in [0.4, 0.5) is 0 Å². The molecule has 3 heteroatoms. The number of ether oxygens (including phenoxy) is 1. The molecular formula is C14H16N2O. The molecule has 0 N–H and O–H groups in total. The van der Waals surface area contributed by atoms with Gasteiger partial charge in [0.2, 0.25) is 0 Å². The minimum Gasteiger partial charge on any atom is -0.497 e. The Balaban J connectivity index is 1.92. The first-order valence-corrected chi connectivity index (χ1v) is 6.01. The Morgan fingerprint density at radius 2 is 2.29 bits per heavy atom. The fourth-order valence-electron chi connectivity index (χ4n) is 2.19. The number of aromatic nitrogens is 2. The summed E-state index contributed by atoms with van der Waals surface area (Å²) in [4.78, 5) is 0. The second kappa shape index (κ2) is 4.24. The molecule has 1 aliphatic carbocycles. The third kappa shape index (κ3) is 2.18. The quantitative estimate of drug-likeness (QED) is 0.804. The molecule has 1 fully saturated rings. The zero-order chi connectivity index (χ0) is 11.7. The van der Waals surface area contributed by atoms with Gasteiger partial charge < -0.3 is 4.74 Å². The Morgan fingerprint density at radius 1 is 1.41 bits per heavy atom. The SMILES string of the molecule is COc1ccc(Cn2cccn2)c(C2CC2)c1. The van der Waals surface area contributed by atoms with Crippen molar-refractivity contribution >= 4 is 0 Å². The average Bonchev–Trinajstić information content (AvgIpc) is 3.08. The lowest BCUT2D eigenvalue weighted by Crippen LogP contribution is -2.03. The Hall–Kier alpha value is -1.77. The number of hydrogen-bond donors (Lipinski definition) is 0. The minimum absolute atomic E-state index is 0.732. The predicted octanol–water partition coefficient (Wildman–Crippen LogP) is 2.82. The minimum atomic E-state index is 0.732. The van der Waals surface area contributed by atoms with Gasteiger partial charge in [-0.2, -0.15) is 5.10 Å². The van der Waals surface area contributed by atoms with Crippen LogP contribution in [0, 0.1) is 0 Å². The van der Waals surface area contributed by atoms with Gasteiger partial charge in [0.1, 0.15) is 5.75 Å². The van der Waals surface area contributed by atoms with E-state index in [1.807, 2.05) is 29.2 Å². The van der Waals surface area contributed by atoms with Crippen LogP contribution in [-0.2, 0) is 6.54 Å². The largest absolute Gasteiger partial charge is 0.497 e. The van der Waals surface area contributed by atoms with Crippen molar-refractivity contribution in [3.05, 3.63) is 47.8 Å². The van der Waals surface area contributed by atoms with E-state index in [0.29, 0.717) is 0 Å². The molecule has 1 aliphatic rings. The molecule has 3 rings (SSSR count). The van der Waals surface area contributed by atoms with E-state index in [1.165, 1.54) is 24.0 Å². The van der Waals surface area contributed by atoms with Crippen LogP contribution >= 0.6 is 0 Å². The maximum Gasteiger partial charge on any atom is 0.119 e. The summed E-state index contributed by atoms with van der Waals surface area (Å²) < 4.78 is 7.27. The second-order valence-corrected chi connectivity index (χ2v) is 4.54. The number of nitrogens with zero attached hydrogens (tertiary/aromatic N) is 2. The Labute approximate surface area is 101 Å². The molecule has 0 aliphatic heterocycles. The number of hydrogen-bond acceptors (Lipinski definition) is 2. The molecular weight excluding hydrogens is 212 g/mol. The molecule has 0 amide bonds. The first-order chi connectivity index (χ1) is 8.36. The highest BCUT2D eigenvalue weighted by Gasteiger charge is 2.26. The number of benzene rings is 1. The summed E-state index contributed by atoms with van der Waals surface area (Å²) in [5.41, 5.74) is 2.79. The Morgan fingerprint density at radius 3 is 2.94 bits per heavy atom. The standard InChI is InChI=1S/C14H16N2O/c1-17-13-6-5-12(10-16-8-2-7-15-16)14(9-13)11-3-4-11/h2,5-9,11H,3-4,10H2,1H3. The van der Waals surface area contributed by atoms with Crippen molar-refractivity contribution in [2.75, 3.05) is 7.11 Å². The number of methoxy groups -OCH3 is 1. The molecule has 2 aromatic rings. The normalized spacial score (nSPS) is 14.9. The fraction of sp³-hybridized carbons (Fsp3) is 0.357. The molecule has 1 aromatic heterocycles. The molecule has 0 unspecified atom stereocenters. The summed E-state index contributed by atoms with van der Waals surface area (Å²) in [5.74, 6) is 1.69. The van der Waals surface area contributed by atoms with Gasteiger partial charge >= 0.3 is 0 Å². The molecule has 0 saturated heterocycles. The van der Waals surface area contributed by atoms with Crippen LogP contribution in [0.3, 0.4) is 0 Å². The van der Waals surface area contributed by atoms with Gasteiger partial charge in [-0.15, -0.1) is 0 Å². The zero-order valence-electron chi connectivity index (χ0n) is 9.97. The summed E-state index contributed by atoms with van der Waals surface area (Å²) in [5, 5.41) is 4.26. The van der Waals surface area contributed by atoms with E-state index in [4.69, 9.17) is 4.74 Å². The van der Waals surface area contributed by atoms with Crippen molar-refractivity contribution in [2.24, 2.45) is 0 Å². The molecule has 0 spiro atoms. The smallest absolute Gasteiger partial charge is 0.119 e. The molecule has 0 radical (unpaired) electrons. The van der Waals surface area contributed by atoms with Gasteiger partial charge in [0.25, 0.3) is 0 Å². The molecule has 0 atom stereocenters. The van der Waals surface area contributed by atoms with E-state index in [-0.39, 0.29) is 0 Å². The summed E-state index contributed by atoms with van der Waals surface area (Å²) in [6.07, 6.45) is 6.43.